The maximum atomic E-state index is 12.0. The molecule has 0 radical (unpaired) electrons. The zero-order valence-corrected chi connectivity index (χ0v) is 11.8. The quantitative estimate of drug-likeness (QED) is 0.804. The summed E-state index contributed by atoms with van der Waals surface area (Å²) in [6, 6.07) is 4.22. The van der Waals surface area contributed by atoms with Gasteiger partial charge in [-0.3, -0.25) is 4.79 Å². The smallest absolute Gasteiger partial charge is 0.251 e. The lowest BCUT2D eigenvalue weighted by molar-refractivity contribution is 0.0938. The SMILES string of the molecule is Nc1cc(Cl)cc(C(=O)NC2CCCS(=O)(=O)C2)c1. The van der Waals surface area contributed by atoms with Crippen LogP contribution in [0.5, 0.6) is 0 Å². The Morgan fingerprint density at radius 3 is 2.74 bits per heavy atom. The molecule has 1 heterocycles. The number of hydrogen-bond donors (Lipinski definition) is 2. The largest absolute Gasteiger partial charge is 0.399 e. The van der Waals surface area contributed by atoms with Crippen LogP contribution in [0.3, 0.4) is 0 Å². The van der Waals surface area contributed by atoms with Gasteiger partial charge in [-0.25, -0.2) is 8.42 Å². The summed E-state index contributed by atoms with van der Waals surface area (Å²) in [6.07, 6.45) is 1.24. The number of nitrogens with one attached hydrogen (secondary N) is 1. The van der Waals surface area contributed by atoms with Crippen LogP contribution >= 0.6 is 11.6 Å². The molecule has 1 aromatic rings. The average Bonchev–Trinajstić information content (AvgIpc) is 2.26. The normalized spacial score (nSPS) is 21.8. The molecule has 0 saturated carbocycles. The number of anilines is 1. The summed E-state index contributed by atoms with van der Waals surface area (Å²) >= 11 is 5.83. The third-order valence-corrected chi connectivity index (χ3v) is 5.02. The molecule has 2 rings (SSSR count). The molecule has 0 spiro atoms. The molecule has 0 aliphatic carbocycles. The van der Waals surface area contributed by atoms with E-state index >= 15 is 0 Å². The summed E-state index contributed by atoms with van der Waals surface area (Å²) in [6.45, 7) is 0. The van der Waals surface area contributed by atoms with E-state index in [1.54, 1.807) is 6.07 Å². The van der Waals surface area contributed by atoms with Gasteiger partial charge in [-0.05, 0) is 31.0 Å². The number of carbonyl (C=O) groups excluding carboxylic acids is 1. The molecule has 3 N–H and O–H groups in total. The number of benzene rings is 1. The first-order valence-electron chi connectivity index (χ1n) is 5.93. The van der Waals surface area contributed by atoms with E-state index in [4.69, 9.17) is 17.3 Å². The van der Waals surface area contributed by atoms with Crippen molar-refractivity contribution >= 4 is 33.0 Å². The molecule has 5 nitrogen and oxygen atoms in total. The average molecular weight is 303 g/mol. The fourth-order valence-electron chi connectivity index (χ4n) is 2.15. The molecule has 1 aliphatic rings. The van der Waals surface area contributed by atoms with Gasteiger partial charge in [0.1, 0.15) is 0 Å². The maximum Gasteiger partial charge on any atom is 0.251 e. The Hall–Kier alpha value is -1.27. The Labute approximate surface area is 117 Å². The first-order valence-corrected chi connectivity index (χ1v) is 8.13. The van der Waals surface area contributed by atoms with Crippen LogP contribution in [-0.2, 0) is 9.84 Å². The number of halogens is 1. The van der Waals surface area contributed by atoms with E-state index in [9.17, 15) is 13.2 Å². The lowest BCUT2D eigenvalue weighted by Crippen LogP contribution is -2.43. The maximum absolute atomic E-state index is 12.0. The van der Waals surface area contributed by atoms with Crippen LogP contribution < -0.4 is 11.1 Å². The van der Waals surface area contributed by atoms with Gasteiger partial charge in [0.15, 0.2) is 9.84 Å². The first-order chi connectivity index (χ1) is 8.85. The van der Waals surface area contributed by atoms with Crippen molar-refractivity contribution < 1.29 is 13.2 Å². The highest BCUT2D eigenvalue weighted by atomic mass is 35.5. The summed E-state index contributed by atoms with van der Waals surface area (Å²) in [5.74, 6) is -0.158. The van der Waals surface area contributed by atoms with Gasteiger partial charge in [0.05, 0.1) is 11.5 Å². The van der Waals surface area contributed by atoms with Gasteiger partial charge in [0, 0.05) is 22.3 Å². The van der Waals surface area contributed by atoms with Crippen molar-refractivity contribution in [3.05, 3.63) is 28.8 Å². The number of hydrogen-bond acceptors (Lipinski definition) is 4. The van der Waals surface area contributed by atoms with Gasteiger partial charge >= 0.3 is 0 Å². The minimum Gasteiger partial charge on any atom is -0.399 e. The number of nitrogen functional groups attached to an aromatic ring is 1. The molecule has 1 amide bonds. The van der Waals surface area contributed by atoms with Crippen LogP contribution in [-0.4, -0.2) is 31.9 Å². The monoisotopic (exact) mass is 302 g/mol. The van der Waals surface area contributed by atoms with Gasteiger partial charge in [-0.2, -0.15) is 0 Å². The van der Waals surface area contributed by atoms with E-state index in [1.807, 2.05) is 0 Å². The van der Waals surface area contributed by atoms with Crippen LogP contribution in [0.25, 0.3) is 0 Å². The summed E-state index contributed by atoms with van der Waals surface area (Å²) in [5, 5.41) is 3.09. The highest BCUT2D eigenvalue weighted by Gasteiger charge is 2.26. The fourth-order valence-corrected chi connectivity index (χ4v) is 4.03. The van der Waals surface area contributed by atoms with Crippen LogP contribution in [0.2, 0.25) is 5.02 Å². The molecule has 19 heavy (non-hydrogen) atoms. The Morgan fingerprint density at radius 1 is 1.37 bits per heavy atom. The van der Waals surface area contributed by atoms with Crippen LogP contribution in [0.4, 0.5) is 5.69 Å². The summed E-state index contributed by atoms with van der Waals surface area (Å²) < 4.78 is 23.0. The fraction of sp³-hybridized carbons (Fsp3) is 0.417. The van der Waals surface area contributed by atoms with E-state index in [-0.39, 0.29) is 23.5 Å². The molecular formula is C12H15ClN2O3S. The highest BCUT2D eigenvalue weighted by Crippen LogP contribution is 2.18. The summed E-state index contributed by atoms with van der Waals surface area (Å²) in [4.78, 5) is 12.0. The Bertz CT molecular complexity index is 581. The van der Waals surface area contributed by atoms with Gasteiger partial charge in [-0.1, -0.05) is 11.6 Å². The zero-order valence-electron chi connectivity index (χ0n) is 10.2. The molecule has 1 aromatic carbocycles. The van der Waals surface area contributed by atoms with Crippen LogP contribution in [0.15, 0.2) is 18.2 Å². The van der Waals surface area contributed by atoms with E-state index in [1.165, 1.54) is 12.1 Å². The molecule has 7 heteroatoms. The second-order valence-electron chi connectivity index (χ2n) is 4.70. The zero-order chi connectivity index (χ0) is 14.0. The van der Waals surface area contributed by atoms with Gasteiger partial charge in [-0.15, -0.1) is 0 Å². The van der Waals surface area contributed by atoms with E-state index in [2.05, 4.69) is 5.32 Å². The lowest BCUT2D eigenvalue weighted by Gasteiger charge is -2.23. The second-order valence-corrected chi connectivity index (χ2v) is 7.37. The van der Waals surface area contributed by atoms with Gasteiger partial charge in [0.2, 0.25) is 0 Å². The van der Waals surface area contributed by atoms with Crippen molar-refractivity contribution in [2.75, 3.05) is 17.2 Å². The summed E-state index contributed by atoms with van der Waals surface area (Å²) in [7, 11) is -3.04. The standard InChI is InChI=1S/C12H15ClN2O3S/c13-9-4-8(5-10(14)6-9)12(16)15-11-2-1-3-19(17,18)7-11/h4-6,11H,1-3,7,14H2,(H,15,16). The Balaban J connectivity index is 2.08. The van der Waals surface area contributed by atoms with Gasteiger partial charge in [0.25, 0.3) is 5.91 Å². The van der Waals surface area contributed by atoms with Crippen molar-refractivity contribution in [3.63, 3.8) is 0 Å². The molecule has 1 aliphatic heterocycles. The summed E-state index contributed by atoms with van der Waals surface area (Å²) in [5.41, 5.74) is 6.35. The molecule has 1 unspecified atom stereocenters. The molecule has 0 aromatic heterocycles. The lowest BCUT2D eigenvalue weighted by atomic mass is 10.1. The number of sulfone groups is 1. The minimum atomic E-state index is -3.04. The number of amides is 1. The second kappa shape index (κ2) is 5.38. The van der Waals surface area contributed by atoms with Crippen molar-refractivity contribution in [1.29, 1.82) is 0 Å². The van der Waals surface area contributed by atoms with Gasteiger partial charge < -0.3 is 11.1 Å². The minimum absolute atomic E-state index is 0.00517. The highest BCUT2D eigenvalue weighted by molar-refractivity contribution is 7.91. The number of rotatable bonds is 2. The van der Waals surface area contributed by atoms with Crippen molar-refractivity contribution in [2.24, 2.45) is 0 Å². The first kappa shape index (κ1) is 14.1. The molecule has 104 valence electrons. The van der Waals surface area contributed by atoms with E-state index in [0.717, 1.165) is 0 Å². The Morgan fingerprint density at radius 2 is 2.11 bits per heavy atom. The number of nitrogens with two attached hydrogens (primary N) is 1. The molecule has 1 fully saturated rings. The van der Waals surface area contributed by atoms with Crippen molar-refractivity contribution in [3.8, 4) is 0 Å². The van der Waals surface area contributed by atoms with Crippen molar-refractivity contribution in [1.82, 2.24) is 5.32 Å². The molecule has 1 atom stereocenters. The Kier molecular flexibility index (Phi) is 4.01. The van der Waals surface area contributed by atoms with Crippen LogP contribution in [0.1, 0.15) is 23.2 Å². The predicted molar refractivity (Wildman–Crippen MR) is 75.0 cm³/mol. The van der Waals surface area contributed by atoms with Crippen molar-refractivity contribution in [2.45, 2.75) is 18.9 Å². The third kappa shape index (κ3) is 3.84. The van der Waals surface area contributed by atoms with E-state index in [0.29, 0.717) is 29.1 Å². The topological polar surface area (TPSA) is 89.3 Å². The molecule has 1 saturated heterocycles. The van der Waals surface area contributed by atoms with Crippen LogP contribution in [0, 0.1) is 0 Å². The third-order valence-electron chi connectivity index (χ3n) is 2.98. The molecular weight excluding hydrogens is 288 g/mol. The van der Waals surface area contributed by atoms with E-state index < -0.39 is 9.84 Å². The number of carbonyl (C=O) groups is 1. The molecule has 0 bridgehead atoms. The predicted octanol–water partition coefficient (Wildman–Crippen LogP) is 1.23.